The van der Waals surface area contributed by atoms with E-state index < -0.39 is 0 Å². The van der Waals surface area contributed by atoms with Crippen LogP contribution in [0.4, 0.5) is 0 Å². The summed E-state index contributed by atoms with van der Waals surface area (Å²) < 4.78 is 5.59. The lowest BCUT2D eigenvalue weighted by atomic mass is 9.79. The standard InChI is InChI=1S/C19H20O2/c20-19(12-13-21-18-10-2-1-3-11-18)17-9-5-8-16(14-17)15-6-4-7-15/h1-3,5,8-11,14-15H,4,6-7,12-13H2. The molecule has 108 valence electrons. The number of para-hydroxylation sites is 1. The molecule has 3 rings (SSSR count). The maximum atomic E-state index is 12.2. The van der Waals surface area contributed by atoms with Gasteiger partial charge in [-0.15, -0.1) is 0 Å². The monoisotopic (exact) mass is 280 g/mol. The van der Waals surface area contributed by atoms with E-state index >= 15 is 0 Å². The molecular formula is C19H20O2. The minimum atomic E-state index is 0.159. The second kappa shape index (κ2) is 6.57. The molecule has 0 bridgehead atoms. The van der Waals surface area contributed by atoms with Crippen molar-refractivity contribution in [3.05, 3.63) is 65.7 Å². The zero-order valence-electron chi connectivity index (χ0n) is 12.1. The minimum Gasteiger partial charge on any atom is -0.493 e. The summed E-state index contributed by atoms with van der Waals surface area (Å²) in [7, 11) is 0. The van der Waals surface area contributed by atoms with Crippen LogP contribution in [-0.4, -0.2) is 12.4 Å². The zero-order chi connectivity index (χ0) is 14.5. The SMILES string of the molecule is O=C(CCOc1ccccc1)c1cccc(C2CCC2)c1. The second-order valence-corrected chi connectivity index (χ2v) is 5.59. The molecule has 0 spiro atoms. The number of benzene rings is 2. The Kier molecular flexibility index (Phi) is 4.34. The molecule has 1 aliphatic rings. The number of hydrogen-bond acceptors (Lipinski definition) is 2. The van der Waals surface area contributed by atoms with Gasteiger partial charge in [-0.25, -0.2) is 0 Å². The molecule has 21 heavy (non-hydrogen) atoms. The Morgan fingerprint density at radius 1 is 1.05 bits per heavy atom. The minimum absolute atomic E-state index is 0.159. The first-order valence-corrected chi connectivity index (χ1v) is 7.64. The Bertz CT molecular complexity index is 600. The van der Waals surface area contributed by atoms with Gasteiger partial charge in [0, 0.05) is 12.0 Å². The lowest BCUT2D eigenvalue weighted by Crippen LogP contribution is -2.11. The molecule has 0 radical (unpaired) electrons. The normalized spacial score (nSPS) is 14.5. The van der Waals surface area contributed by atoms with Gasteiger partial charge in [0.15, 0.2) is 5.78 Å². The molecule has 2 aromatic rings. The van der Waals surface area contributed by atoms with Gasteiger partial charge in [0.25, 0.3) is 0 Å². The average molecular weight is 280 g/mol. The first-order valence-electron chi connectivity index (χ1n) is 7.64. The third-order valence-electron chi connectivity index (χ3n) is 4.13. The molecule has 0 amide bonds. The average Bonchev–Trinajstić information content (AvgIpc) is 2.47. The van der Waals surface area contributed by atoms with Gasteiger partial charge in [0.05, 0.1) is 6.61 Å². The summed E-state index contributed by atoms with van der Waals surface area (Å²) in [5, 5.41) is 0. The molecule has 2 nitrogen and oxygen atoms in total. The van der Waals surface area contributed by atoms with Gasteiger partial charge < -0.3 is 4.74 Å². The van der Waals surface area contributed by atoms with Gasteiger partial charge in [-0.05, 0) is 42.5 Å². The van der Waals surface area contributed by atoms with E-state index in [-0.39, 0.29) is 5.78 Å². The molecule has 0 N–H and O–H groups in total. The van der Waals surface area contributed by atoms with Crippen LogP contribution in [-0.2, 0) is 0 Å². The van der Waals surface area contributed by atoms with E-state index in [1.165, 1.54) is 24.8 Å². The Labute approximate surface area is 125 Å². The fraction of sp³-hybridized carbons (Fsp3) is 0.316. The van der Waals surface area contributed by atoms with Crippen LogP contribution in [0.1, 0.15) is 47.5 Å². The molecule has 1 saturated carbocycles. The molecule has 2 aromatic carbocycles. The number of carbonyl (C=O) groups is 1. The fourth-order valence-corrected chi connectivity index (χ4v) is 2.63. The van der Waals surface area contributed by atoms with Crippen molar-refractivity contribution >= 4 is 5.78 Å². The molecule has 0 aromatic heterocycles. The van der Waals surface area contributed by atoms with Crippen LogP contribution >= 0.6 is 0 Å². The van der Waals surface area contributed by atoms with Crippen molar-refractivity contribution in [1.82, 2.24) is 0 Å². The summed E-state index contributed by atoms with van der Waals surface area (Å²) in [6.07, 6.45) is 4.25. The van der Waals surface area contributed by atoms with Crippen LogP contribution in [0.2, 0.25) is 0 Å². The second-order valence-electron chi connectivity index (χ2n) is 5.59. The van der Waals surface area contributed by atoms with E-state index in [0.29, 0.717) is 18.9 Å². The van der Waals surface area contributed by atoms with Crippen molar-refractivity contribution in [3.8, 4) is 5.75 Å². The predicted octanol–water partition coefficient (Wildman–Crippen LogP) is 4.61. The van der Waals surface area contributed by atoms with Crippen LogP contribution in [0.5, 0.6) is 5.75 Å². The van der Waals surface area contributed by atoms with Crippen LogP contribution < -0.4 is 4.74 Å². The fourth-order valence-electron chi connectivity index (χ4n) is 2.63. The first-order chi connectivity index (χ1) is 10.3. The Hall–Kier alpha value is -2.09. The molecule has 1 fully saturated rings. The maximum Gasteiger partial charge on any atom is 0.166 e. The van der Waals surface area contributed by atoms with E-state index in [1.54, 1.807) is 0 Å². The van der Waals surface area contributed by atoms with Crippen molar-refractivity contribution in [2.24, 2.45) is 0 Å². The van der Waals surface area contributed by atoms with Crippen LogP contribution in [0, 0.1) is 0 Å². The molecule has 0 unspecified atom stereocenters. The lowest BCUT2D eigenvalue weighted by molar-refractivity contribution is 0.0962. The van der Waals surface area contributed by atoms with Crippen molar-refractivity contribution in [2.75, 3.05) is 6.61 Å². The molecule has 0 aliphatic heterocycles. The Morgan fingerprint density at radius 2 is 1.86 bits per heavy atom. The third kappa shape index (κ3) is 3.52. The molecule has 0 atom stereocenters. The van der Waals surface area contributed by atoms with Crippen LogP contribution in [0.25, 0.3) is 0 Å². The Balaban J connectivity index is 1.55. The number of rotatable bonds is 6. The molecule has 0 heterocycles. The van der Waals surface area contributed by atoms with E-state index in [9.17, 15) is 4.79 Å². The predicted molar refractivity (Wildman–Crippen MR) is 83.9 cm³/mol. The first kappa shape index (κ1) is 13.9. The number of hydrogen-bond donors (Lipinski definition) is 0. The van der Waals surface area contributed by atoms with E-state index in [2.05, 4.69) is 12.1 Å². The van der Waals surface area contributed by atoms with Crippen LogP contribution in [0.3, 0.4) is 0 Å². The summed E-state index contributed by atoms with van der Waals surface area (Å²) in [5.41, 5.74) is 2.13. The maximum absolute atomic E-state index is 12.2. The van der Waals surface area contributed by atoms with E-state index in [0.717, 1.165) is 11.3 Å². The largest absolute Gasteiger partial charge is 0.493 e. The summed E-state index contributed by atoms with van der Waals surface area (Å²) in [4.78, 5) is 12.2. The lowest BCUT2D eigenvalue weighted by Gasteiger charge is -2.26. The van der Waals surface area contributed by atoms with E-state index in [1.807, 2.05) is 42.5 Å². The van der Waals surface area contributed by atoms with Crippen molar-refractivity contribution in [3.63, 3.8) is 0 Å². The van der Waals surface area contributed by atoms with Gasteiger partial charge in [0.2, 0.25) is 0 Å². The molecule has 1 aliphatic carbocycles. The molecular weight excluding hydrogens is 260 g/mol. The van der Waals surface area contributed by atoms with Gasteiger partial charge in [0.1, 0.15) is 5.75 Å². The summed E-state index contributed by atoms with van der Waals surface area (Å²) in [5.74, 6) is 1.64. The Morgan fingerprint density at radius 3 is 2.57 bits per heavy atom. The highest BCUT2D eigenvalue weighted by Gasteiger charge is 2.20. The van der Waals surface area contributed by atoms with Gasteiger partial charge >= 0.3 is 0 Å². The van der Waals surface area contributed by atoms with Crippen molar-refractivity contribution < 1.29 is 9.53 Å². The van der Waals surface area contributed by atoms with Crippen LogP contribution in [0.15, 0.2) is 54.6 Å². The van der Waals surface area contributed by atoms with Gasteiger partial charge in [-0.2, -0.15) is 0 Å². The smallest absolute Gasteiger partial charge is 0.166 e. The number of ketones is 1. The van der Waals surface area contributed by atoms with Gasteiger partial charge in [-0.3, -0.25) is 4.79 Å². The number of carbonyl (C=O) groups excluding carboxylic acids is 1. The van der Waals surface area contributed by atoms with Crippen molar-refractivity contribution in [1.29, 1.82) is 0 Å². The highest BCUT2D eigenvalue weighted by molar-refractivity contribution is 5.96. The van der Waals surface area contributed by atoms with Crippen molar-refractivity contribution in [2.45, 2.75) is 31.6 Å². The summed E-state index contributed by atoms with van der Waals surface area (Å²) in [6.45, 7) is 0.427. The quantitative estimate of drug-likeness (QED) is 0.722. The summed E-state index contributed by atoms with van der Waals surface area (Å²) in [6, 6.07) is 17.7. The molecule has 0 saturated heterocycles. The molecule has 2 heteroatoms. The third-order valence-corrected chi connectivity index (χ3v) is 4.13. The zero-order valence-corrected chi connectivity index (χ0v) is 12.1. The highest BCUT2D eigenvalue weighted by Crippen LogP contribution is 2.36. The topological polar surface area (TPSA) is 26.3 Å². The number of ether oxygens (including phenoxy) is 1. The highest BCUT2D eigenvalue weighted by atomic mass is 16.5. The van der Waals surface area contributed by atoms with Gasteiger partial charge in [-0.1, -0.05) is 42.8 Å². The number of Topliss-reactive ketones (excluding diaryl/α,β-unsaturated/α-hetero) is 1. The summed E-state index contributed by atoms with van der Waals surface area (Å²) >= 11 is 0. The van der Waals surface area contributed by atoms with E-state index in [4.69, 9.17) is 4.74 Å².